The standard InChI is InChI=1S/C25H28FNO2/c1-25(2)15-29-23(16-7-4-3-5-8-16)22-21-19(9-6-10-20(21)28)27(24(22)25)18-13-11-17(26)12-14-18/h6,9-14,16,23,28H,3-5,7-8,15H2,1-2H3. The molecule has 1 aliphatic heterocycles. The highest BCUT2D eigenvalue weighted by molar-refractivity contribution is 5.93. The average Bonchev–Trinajstić information content (AvgIpc) is 3.07. The van der Waals surface area contributed by atoms with Gasteiger partial charge in [-0.25, -0.2) is 4.39 Å². The zero-order valence-corrected chi connectivity index (χ0v) is 17.1. The summed E-state index contributed by atoms with van der Waals surface area (Å²) in [4.78, 5) is 0. The fourth-order valence-electron chi connectivity index (χ4n) is 5.41. The highest BCUT2D eigenvalue weighted by Crippen LogP contribution is 2.51. The molecule has 1 unspecified atom stereocenters. The number of phenols is 1. The zero-order chi connectivity index (χ0) is 20.2. The van der Waals surface area contributed by atoms with Gasteiger partial charge in [0.25, 0.3) is 0 Å². The van der Waals surface area contributed by atoms with Crippen molar-refractivity contribution in [3.63, 3.8) is 0 Å². The maximum Gasteiger partial charge on any atom is 0.125 e. The van der Waals surface area contributed by atoms with Gasteiger partial charge >= 0.3 is 0 Å². The van der Waals surface area contributed by atoms with E-state index in [9.17, 15) is 9.50 Å². The molecule has 2 aromatic carbocycles. The summed E-state index contributed by atoms with van der Waals surface area (Å²) < 4.78 is 22.3. The molecule has 1 aliphatic carbocycles. The molecule has 1 aromatic heterocycles. The molecule has 3 nitrogen and oxygen atoms in total. The molecule has 0 amide bonds. The quantitative estimate of drug-likeness (QED) is 0.546. The van der Waals surface area contributed by atoms with Crippen molar-refractivity contribution in [2.45, 2.75) is 57.5 Å². The molecule has 5 rings (SSSR count). The maximum absolute atomic E-state index is 13.6. The van der Waals surface area contributed by atoms with E-state index in [0.29, 0.717) is 18.3 Å². The van der Waals surface area contributed by atoms with E-state index in [4.69, 9.17) is 4.74 Å². The van der Waals surface area contributed by atoms with Crippen molar-refractivity contribution in [3.8, 4) is 11.4 Å². The minimum absolute atomic E-state index is 0.00387. The summed E-state index contributed by atoms with van der Waals surface area (Å²) in [7, 11) is 0. The van der Waals surface area contributed by atoms with Crippen LogP contribution in [-0.4, -0.2) is 16.3 Å². The predicted molar refractivity (Wildman–Crippen MR) is 113 cm³/mol. The van der Waals surface area contributed by atoms with Crippen LogP contribution in [0, 0.1) is 11.7 Å². The molecule has 4 heteroatoms. The van der Waals surface area contributed by atoms with Gasteiger partial charge in [0.2, 0.25) is 0 Å². The molecule has 29 heavy (non-hydrogen) atoms. The summed E-state index contributed by atoms with van der Waals surface area (Å²) >= 11 is 0. The average molecular weight is 394 g/mol. The highest BCUT2D eigenvalue weighted by Gasteiger charge is 2.42. The summed E-state index contributed by atoms with van der Waals surface area (Å²) in [6, 6.07) is 12.3. The zero-order valence-electron chi connectivity index (χ0n) is 17.1. The number of aromatic nitrogens is 1. The monoisotopic (exact) mass is 393 g/mol. The van der Waals surface area contributed by atoms with Crippen LogP contribution in [0.1, 0.15) is 63.3 Å². The van der Waals surface area contributed by atoms with Crippen LogP contribution in [0.15, 0.2) is 42.5 Å². The molecule has 3 aromatic rings. The van der Waals surface area contributed by atoms with Crippen LogP contribution >= 0.6 is 0 Å². The van der Waals surface area contributed by atoms with Crippen LogP contribution in [0.25, 0.3) is 16.6 Å². The second-order valence-electron chi connectivity index (χ2n) is 9.26. The number of aromatic hydroxyl groups is 1. The van der Waals surface area contributed by atoms with Crippen molar-refractivity contribution >= 4 is 10.9 Å². The van der Waals surface area contributed by atoms with Gasteiger partial charge in [-0.2, -0.15) is 0 Å². The van der Waals surface area contributed by atoms with Crippen LogP contribution in [0.2, 0.25) is 0 Å². The largest absolute Gasteiger partial charge is 0.507 e. The third-order valence-electron chi connectivity index (χ3n) is 6.72. The molecule has 2 aliphatic rings. The number of nitrogens with zero attached hydrogens (tertiary/aromatic N) is 1. The van der Waals surface area contributed by atoms with Crippen molar-refractivity contribution in [2.24, 2.45) is 5.92 Å². The Morgan fingerprint density at radius 2 is 1.76 bits per heavy atom. The summed E-state index contributed by atoms with van der Waals surface area (Å²) in [6.07, 6.45) is 6.11. The van der Waals surface area contributed by atoms with Crippen molar-refractivity contribution in [1.82, 2.24) is 4.57 Å². The second-order valence-corrected chi connectivity index (χ2v) is 9.26. The van der Waals surface area contributed by atoms with E-state index in [0.717, 1.165) is 22.2 Å². The molecule has 0 spiro atoms. The number of phenolic OH excluding ortho intramolecular Hbond substituents is 1. The lowest BCUT2D eigenvalue weighted by Crippen LogP contribution is -2.37. The number of halogens is 1. The third-order valence-corrected chi connectivity index (χ3v) is 6.72. The van der Waals surface area contributed by atoms with E-state index in [-0.39, 0.29) is 17.3 Å². The van der Waals surface area contributed by atoms with E-state index >= 15 is 0 Å². The van der Waals surface area contributed by atoms with Gasteiger partial charge < -0.3 is 14.4 Å². The Labute approximate surface area is 171 Å². The van der Waals surface area contributed by atoms with Gasteiger partial charge in [0, 0.05) is 27.7 Å². The Morgan fingerprint density at radius 3 is 2.48 bits per heavy atom. The predicted octanol–water partition coefficient (Wildman–Crippen LogP) is 6.40. The van der Waals surface area contributed by atoms with Gasteiger partial charge in [-0.1, -0.05) is 39.2 Å². The number of hydrogen-bond donors (Lipinski definition) is 1. The fourth-order valence-corrected chi connectivity index (χ4v) is 5.41. The molecular formula is C25H28FNO2. The Bertz CT molecular complexity index is 1040. The molecule has 1 saturated carbocycles. The summed E-state index contributed by atoms with van der Waals surface area (Å²) in [5, 5.41) is 11.8. The minimum atomic E-state index is -0.246. The first-order chi connectivity index (χ1) is 14.0. The van der Waals surface area contributed by atoms with Crippen molar-refractivity contribution in [1.29, 1.82) is 0 Å². The first-order valence-electron chi connectivity index (χ1n) is 10.7. The summed E-state index contributed by atoms with van der Waals surface area (Å²) in [5.74, 6) is 0.525. The van der Waals surface area contributed by atoms with Crippen LogP contribution in [0.4, 0.5) is 4.39 Å². The lowest BCUT2D eigenvalue weighted by molar-refractivity contribution is -0.0371. The van der Waals surface area contributed by atoms with Crippen LogP contribution in [0.3, 0.4) is 0 Å². The van der Waals surface area contributed by atoms with E-state index in [2.05, 4.69) is 18.4 Å². The molecule has 1 N–H and O–H groups in total. The lowest BCUT2D eigenvalue weighted by Gasteiger charge is -2.40. The SMILES string of the molecule is CC1(C)COC(C2CCCCC2)c2c1n(-c1ccc(F)cc1)c1cccc(O)c21. The van der Waals surface area contributed by atoms with Gasteiger partial charge in [0.1, 0.15) is 11.6 Å². The van der Waals surface area contributed by atoms with Crippen LogP contribution in [0.5, 0.6) is 5.75 Å². The van der Waals surface area contributed by atoms with Crippen LogP contribution in [-0.2, 0) is 10.2 Å². The van der Waals surface area contributed by atoms with Gasteiger partial charge in [-0.15, -0.1) is 0 Å². The third kappa shape index (κ3) is 2.96. The lowest BCUT2D eigenvalue weighted by atomic mass is 9.76. The van der Waals surface area contributed by atoms with Crippen molar-refractivity contribution in [3.05, 3.63) is 59.5 Å². The molecular weight excluding hydrogens is 365 g/mol. The molecule has 1 atom stereocenters. The minimum Gasteiger partial charge on any atom is -0.507 e. The second kappa shape index (κ2) is 6.88. The van der Waals surface area contributed by atoms with Crippen molar-refractivity contribution in [2.75, 3.05) is 6.61 Å². The molecule has 0 bridgehead atoms. The Balaban J connectivity index is 1.82. The van der Waals surface area contributed by atoms with E-state index in [1.165, 1.54) is 49.9 Å². The molecule has 1 fully saturated rings. The van der Waals surface area contributed by atoms with Gasteiger partial charge in [0.15, 0.2) is 0 Å². The Hall–Kier alpha value is -2.33. The topological polar surface area (TPSA) is 34.4 Å². The van der Waals surface area contributed by atoms with E-state index in [1.54, 1.807) is 6.07 Å². The normalized spacial score (nSPS) is 22.0. The summed E-state index contributed by atoms with van der Waals surface area (Å²) in [5.41, 5.74) is 3.97. The van der Waals surface area contributed by atoms with Gasteiger partial charge in [-0.3, -0.25) is 0 Å². The molecule has 152 valence electrons. The molecule has 0 saturated heterocycles. The highest BCUT2D eigenvalue weighted by atomic mass is 19.1. The Kier molecular flexibility index (Phi) is 4.43. The first kappa shape index (κ1) is 18.7. The van der Waals surface area contributed by atoms with E-state index < -0.39 is 0 Å². The van der Waals surface area contributed by atoms with Gasteiger partial charge in [-0.05, 0) is 55.2 Å². The number of hydrogen-bond acceptors (Lipinski definition) is 2. The number of fused-ring (bicyclic) bond motifs is 3. The maximum atomic E-state index is 13.6. The van der Waals surface area contributed by atoms with E-state index in [1.807, 2.05) is 24.3 Å². The smallest absolute Gasteiger partial charge is 0.125 e. The fraction of sp³-hybridized carbons (Fsp3) is 0.440. The molecule has 2 heterocycles. The van der Waals surface area contributed by atoms with Crippen molar-refractivity contribution < 1.29 is 14.2 Å². The van der Waals surface area contributed by atoms with Crippen LogP contribution < -0.4 is 0 Å². The van der Waals surface area contributed by atoms with Gasteiger partial charge in [0.05, 0.1) is 18.2 Å². The number of ether oxygens (including phenoxy) is 1. The number of rotatable bonds is 2. The Morgan fingerprint density at radius 1 is 1.03 bits per heavy atom. The molecule has 0 radical (unpaired) electrons. The number of benzene rings is 2. The first-order valence-corrected chi connectivity index (χ1v) is 10.7. The summed E-state index contributed by atoms with van der Waals surface area (Å²) in [6.45, 7) is 5.02.